The maximum absolute atomic E-state index is 12.3. The smallest absolute Gasteiger partial charge is 0.254 e. The minimum absolute atomic E-state index is 0.195. The second-order valence-electron chi connectivity index (χ2n) is 5.40. The first-order valence-electron chi connectivity index (χ1n) is 6.26. The Kier molecular flexibility index (Phi) is 2.44. The zero-order valence-corrected chi connectivity index (χ0v) is 10.2. The second kappa shape index (κ2) is 3.84. The van der Waals surface area contributed by atoms with Gasteiger partial charge in [-0.05, 0) is 31.5 Å². The number of aryl methyl sites for hydroxylation is 1. The van der Waals surface area contributed by atoms with Gasteiger partial charge in [0.15, 0.2) is 0 Å². The van der Waals surface area contributed by atoms with Crippen molar-refractivity contribution in [1.82, 2.24) is 10.2 Å². The van der Waals surface area contributed by atoms with Gasteiger partial charge in [0.25, 0.3) is 5.91 Å². The van der Waals surface area contributed by atoms with E-state index < -0.39 is 0 Å². The fourth-order valence-electron chi connectivity index (χ4n) is 2.96. The highest BCUT2D eigenvalue weighted by Crippen LogP contribution is 2.36. The maximum Gasteiger partial charge on any atom is 0.254 e. The number of amides is 1. The first-order valence-corrected chi connectivity index (χ1v) is 6.26. The van der Waals surface area contributed by atoms with Crippen molar-refractivity contribution < 1.29 is 4.79 Å². The average molecular weight is 230 g/mol. The summed E-state index contributed by atoms with van der Waals surface area (Å²) in [6.45, 7) is 6.02. The predicted molar refractivity (Wildman–Crippen MR) is 67.0 cm³/mol. The van der Waals surface area contributed by atoms with Crippen LogP contribution in [0.3, 0.4) is 0 Å². The van der Waals surface area contributed by atoms with Gasteiger partial charge in [0, 0.05) is 30.6 Å². The molecule has 0 saturated carbocycles. The van der Waals surface area contributed by atoms with Crippen molar-refractivity contribution in [3.63, 3.8) is 0 Å². The van der Waals surface area contributed by atoms with Crippen molar-refractivity contribution in [2.45, 2.75) is 13.3 Å². The summed E-state index contributed by atoms with van der Waals surface area (Å²) in [4.78, 5) is 14.3. The number of hydrogen-bond donors (Lipinski definition) is 1. The number of hydrogen-bond acceptors (Lipinski definition) is 2. The normalized spacial score (nSPS) is 21.6. The molecule has 1 spiro atoms. The van der Waals surface area contributed by atoms with Crippen LogP contribution in [0.25, 0.3) is 0 Å². The molecule has 1 aromatic carbocycles. The molecule has 2 fully saturated rings. The van der Waals surface area contributed by atoms with Crippen LogP contribution in [0.5, 0.6) is 0 Å². The molecule has 1 N–H and O–H groups in total. The first-order chi connectivity index (χ1) is 8.20. The molecule has 90 valence electrons. The summed E-state index contributed by atoms with van der Waals surface area (Å²) in [7, 11) is 0. The molecule has 2 saturated heterocycles. The molecule has 2 aliphatic rings. The predicted octanol–water partition coefficient (Wildman–Crippen LogP) is 1.43. The molecular formula is C14H18N2O. The molecule has 0 atom stereocenters. The van der Waals surface area contributed by atoms with E-state index in [1.54, 1.807) is 0 Å². The van der Waals surface area contributed by atoms with E-state index in [0.717, 1.165) is 37.3 Å². The number of rotatable bonds is 1. The van der Waals surface area contributed by atoms with E-state index in [1.807, 2.05) is 36.1 Å². The Morgan fingerprint density at radius 3 is 2.76 bits per heavy atom. The van der Waals surface area contributed by atoms with Crippen molar-refractivity contribution in [2.24, 2.45) is 5.41 Å². The summed E-state index contributed by atoms with van der Waals surface area (Å²) in [5, 5.41) is 3.39. The van der Waals surface area contributed by atoms with E-state index >= 15 is 0 Å². The number of nitrogens with one attached hydrogen (secondary N) is 1. The van der Waals surface area contributed by atoms with Crippen LogP contribution in [0.4, 0.5) is 0 Å². The van der Waals surface area contributed by atoms with Gasteiger partial charge in [0.05, 0.1) is 0 Å². The topological polar surface area (TPSA) is 32.3 Å². The third-order valence-electron chi connectivity index (χ3n) is 4.05. The highest BCUT2D eigenvalue weighted by Gasteiger charge is 2.46. The summed E-state index contributed by atoms with van der Waals surface area (Å²) in [6.07, 6.45) is 1.21. The largest absolute Gasteiger partial charge is 0.337 e. The van der Waals surface area contributed by atoms with Gasteiger partial charge in [-0.15, -0.1) is 0 Å². The van der Waals surface area contributed by atoms with E-state index in [-0.39, 0.29) is 5.91 Å². The highest BCUT2D eigenvalue weighted by molar-refractivity contribution is 5.96. The lowest BCUT2D eigenvalue weighted by molar-refractivity contribution is 0.0159. The Bertz CT molecular complexity index is 441. The van der Waals surface area contributed by atoms with Gasteiger partial charge in [-0.25, -0.2) is 0 Å². The Balaban J connectivity index is 1.71. The highest BCUT2D eigenvalue weighted by atomic mass is 16.2. The Hall–Kier alpha value is -1.35. The molecule has 17 heavy (non-hydrogen) atoms. The summed E-state index contributed by atoms with van der Waals surface area (Å²) >= 11 is 0. The summed E-state index contributed by atoms with van der Waals surface area (Å²) in [5.41, 5.74) is 2.31. The van der Waals surface area contributed by atoms with E-state index in [2.05, 4.69) is 5.32 Å². The van der Waals surface area contributed by atoms with Gasteiger partial charge in [0.1, 0.15) is 0 Å². The molecule has 3 rings (SSSR count). The fourth-order valence-corrected chi connectivity index (χ4v) is 2.96. The van der Waals surface area contributed by atoms with Gasteiger partial charge in [-0.1, -0.05) is 18.2 Å². The minimum atomic E-state index is 0.195. The monoisotopic (exact) mass is 230 g/mol. The molecule has 0 bridgehead atoms. The average Bonchev–Trinajstić information content (AvgIpc) is 2.76. The number of carbonyl (C=O) groups excluding carboxylic acids is 1. The molecular weight excluding hydrogens is 212 g/mol. The molecule has 0 radical (unpaired) electrons. The van der Waals surface area contributed by atoms with E-state index in [0.29, 0.717) is 5.41 Å². The fraction of sp³-hybridized carbons (Fsp3) is 0.500. The van der Waals surface area contributed by atoms with Crippen molar-refractivity contribution in [3.05, 3.63) is 35.4 Å². The van der Waals surface area contributed by atoms with Crippen LogP contribution in [-0.2, 0) is 0 Å². The Labute approximate surface area is 102 Å². The molecule has 0 unspecified atom stereocenters. The van der Waals surface area contributed by atoms with Crippen LogP contribution in [0, 0.1) is 12.3 Å². The van der Waals surface area contributed by atoms with Crippen molar-refractivity contribution >= 4 is 5.91 Å². The molecule has 1 amide bonds. The van der Waals surface area contributed by atoms with E-state index in [9.17, 15) is 4.79 Å². The molecule has 3 heteroatoms. The lowest BCUT2D eigenvalue weighted by atomic mass is 9.78. The third-order valence-corrected chi connectivity index (χ3v) is 4.05. The van der Waals surface area contributed by atoms with Crippen LogP contribution in [0.15, 0.2) is 24.3 Å². The lowest BCUT2D eigenvalue weighted by Gasteiger charge is -2.47. The molecule has 0 aliphatic carbocycles. The number of nitrogens with zero attached hydrogens (tertiary/aromatic N) is 1. The van der Waals surface area contributed by atoms with Crippen molar-refractivity contribution in [1.29, 1.82) is 0 Å². The third kappa shape index (κ3) is 1.75. The Morgan fingerprint density at radius 2 is 2.12 bits per heavy atom. The van der Waals surface area contributed by atoms with Crippen molar-refractivity contribution in [3.8, 4) is 0 Å². The summed E-state index contributed by atoms with van der Waals surface area (Å²) in [6, 6.07) is 7.84. The summed E-state index contributed by atoms with van der Waals surface area (Å²) in [5.74, 6) is 0.195. The second-order valence-corrected chi connectivity index (χ2v) is 5.40. The van der Waals surface area contributed by atoms with Crippen molar-refractivity contribution in [2.75, 3.05) is 26.2 Å². The van der Waals surface area contributed by atoms with Crippen LogP contribution in [-0.4, -0.2) is 37.0 Å². The molecule has 3 nitrogen and oxygen atoms in total. The van der Waals surface area contributed by atoms with Gasteiger partial charge in [-0.2, -0.15) is 0 Å². The van der Waals surface area contributed by atoms with Crippen LogP contribution >= 0.6 is 0 Å². The van der Waals surface area contributed by atoms with Crippen LogP contribution in [0.1, 0.15) is 22.3 Å². The number of benzene rings is 1. The quantitative estimate of drug-likeness (QED) is 0.791. The van der Waals surface area contributed by atoms with Gasteiger partial charge in [0.2, 0.25) is 0 Å². The SMILES string of the molecule is Cc1ccccc1C(=O)N1CC2(CCNC2)C1. The number of likely N-dealkylation sites (tertiary alicyclic amines) is 1. The van der Waals surface area contributed by atoms with Crippen LogP contribution in [0.2, 0.25) is 0 Å². The van der Waals surface area contributed by atoms with E-state index in [4.69, 9.17) is 0 Å². The minimum Gasteiger partial charge on any atom is -0.337 e. The van der Waals surface area contributed by atoms with Gasteiger partial charge >= 0.3 is 0 Å². The number of carbonyl (C=O) groups is 1. The Morgan fingerprint density at radius 1 is 1.35 bits per heavy atom. The van der Waals surface area contributed by atoms with Gasteiger partial charge in [-0.3, -0.25) is 4.79 Å². The lowest BCUT2D eigenvalue weighted by Crippen LogP contribution is -2.59. The standard InChI is InChI=1S/C14H18N2O/c1-11-4-2-3-5-12(11)13(17)16-9-14(10-16)6-7-15-8-14/h2-5,15H,6-10H2,1H3. The molecule has 1 aromatic rings. The van der Waals surface area contributed by atoms with Crippen LogP contribution < -0.4 is 5.32 Å². The molecule has 2 aliphatic heterocycles. The summed E-state index contributed by atoms with van der Waals surface area (Å²) < 4.78 is 0. The molecule has 2 heterocycles. The first kappa shape index (κ1) is 10.8. The van der Waals surface area contributed by atoms with Gasteiger partial charge < -0.3 is 10.2 Å². The van der Waals surface area contributed by atoms with E-state index in [1.165, 1.54) is 6.42 Å². The zero-order valence-electron chi connectivity index (χ0n) is 10.2. The zero-order chi connectivity index (χ0) is 11.9. The maximum atomic E-state index is 12.3. The molecule has 0 aromatic heterocycles.